The van der Waals surface area contributed by atoms with Gasteiger partial charge in [-0.2, -0.15) is 0 Å². The van der Waals surface area contributed by atoms with Crippen molar-refractivity contribution in [3.05, 3.63) is 36.4 Å². The molecule has 0 aliphatic carbocycles. The zero-order valence-electron chi connectivity index (χ0n) is 10.1. The monoisotopic (exact) mass is 262 g/mol. The number of fused-ring (bicyclic) bond motifs is 1. The van der Waals surface area contributed by atoms with Crippen LogP contribution in [0.15, 0.2) is 36.4 Å². The predicted octanol–water partition coefficient (Wildman–Crippen LogP) is 2.68. The standard InChI is InChI=1S/C14H15ClN2O/c15-9-12-10-18-8-7-17(12)14-6-5-11-3-1-2-4-13(11)16-14/h1-6,12H,7-10H2. The molecule has 0 saturated carbocycles. The fourth-order valence-corrected chi connectivity index (χ4v) is 2.56. The summed E-state index contributed by atoms with van der Waals surface area (Å²) in [5.41, 5.74) is 1.02. The highest BCUT2D eigenvalue weighted by atomic mass is 35.5. The van der Waals surface area contributed by atoms with Crippen molar-refractivity contribution in [2.24, 2.45) is 0 Å². The molecule has 0 bridgehead atoms. The highest BCUT2D eigenvalue weighted by Gasteiger charge is 2.23. The third-order valence-electron chi connectivity index (χ3n) is 3.28. The minimum atomic E-state index is 0.217. The summed E-state index contributed by atoms with van der Waals surface area (Å²) >= 11 is 5.99. The van der Waals surface area contributed by atoms with E-state index in [1.165, 1.54) is 0 Å². The number of aromatic nitrogens is 1. The van der Waals surface area contributed by atoms with Gasteiger partial charge in [0.2, 0.25) is 0 Å². The van der Waals surface area contributed by atoms with E-state index in [2.05, 4.69) is 23.1 Å². The summed E-state index contributed by atoms with van der Waals surface area (Å²) in [5.74, 6) is 1.55. The first-order chi connectivity index (χ1) is 8.88. The minimum absolute atomic E-state index is 0.217. The van der Waals surface area contributed by atoms with E-state index in [4.69, 9.17) is 21.3 Å². The highest BCUT2D eigenvalue weighted by Crippen LogP contribution is 2.21. The third-order valence-corrected chi connectivity index (χ3v) is 3.64. The Labute approximate surface area is 111 Å². The van der Waals surface area contributed by atoms with Crippen LogP contribution in [0.2, 0.25) is 0 Å². The second-order valence-electron chi connectivity index (χ2n) is 4.44. The lowest BCUT2D eigenvalue weighted by Gasteiger charge is -2.35. The van der Waals surface area contributed by atoms with Crippen molar-refractivity contribution in [2.75, 3.05) is 30.5 Å². The SMILES string of the molecule is ClCC1COCCN1c1ccc2ccccc2n1. The average molecular weight is 263 g/mol. The first-order valence-corrected chi connectivity index (χ1v) is 6.68. The molecule has 2 aromatic rings. The highest BCUT2D eigenvalue weighted by molar-refractivity contribution is 6.18. The molecule has 18 heavy (non-hydrogen) atoms. The number of morpholine rings is 1. The van der Waals surface area contributed by atoms with E-state index in [9.17, 15) is 0 Å². The summed E-state index contributed by atoms with van der Waals surface area (Å²) < 4.78 is 5.46. The number of ether oxygens (including phenoxy) is 1. The lowest BCUT2D eigenvalue weighted by molar-refractivity contribution is 0.0994. The van der Waals surface area contributed by atoms with Crippen LogP contribution in [0.25, 0.3) is 10.9 Å². The molecule has 1 aliphatic heterocycles. The Kier molecular flexibility index (Phi) is 3.35. The van der Waals surface area contributed by atoms with Crippen LogP contribution in [0.5, 0.6) is 0 Å². The van der Waals surface area contributed by atoms with Gasteiger partial charge in [-0.25, -0.2) is 4.98 Å². The molecule has 0 N–H and O–H groups in total. The number of anilines is 1. The van der Waals surface area contributed by atoms with Gasteiger partial charge in [0.15, 0.2) is 0 Å². The Bertz CT molecular complexity index is 546. The van der Waals surface area contributed by atoms with Crippen LogP contribution in [-0.4, -0.2) is 36.7 Å². The van der Waals surface area contributed by atoms with E-state index in [0.717, 1.165) is 29.9 Å². The van der Waals surface area contributed by atoms with E-state index in [1.807, 2.05) is 18.2 Å². The normalized spacial score (nSPS) is 20.3. The van der Waals surface area contributed by atoms with Crippen molar-refractivity contribution in [3.8, 4) is 0 Å². The third kappa shape index (κ3) is 2.16. The van der Waals surface area contributed by atoms with Crippen LogP contribution in [0.4, 0.5) is 5.82 Å². The molecule has 3 nitrogen and oxygen atoms in total. The molecule has 4 heteroatoms. The van der Waals surface area contributed by atoms with Crippen molar-refractivity contribution >= 4 is 28.3 Å². The molecule has 1 fully saturated rings. The molecule has 3 rings (SSSR count). The molecule has 1 aliphatic rings. The van der Waals surface area contributed by atoms with Gasteiger partial charge in [-0.3, -0.25) is 0 Å². The Balaban J connectivity index is 1.97. The van der Waals surface area contributed by atoms with E-state index in [-0.39, 0.29) is 6.04 Å². The first-order valence-electron chi connectivity index (χ1n) is 6.14. The Morgan fingerprint density at radius 1 is 1.28 bits per heavy atom. The van der Waals surface area contributed by atoms with Crippen molar-refractivity contribution in [2.45, 2.75) is 6.04 Å². The summed E-state index contributed by atoms with van der Waals surface area (Å²) in [6.45, 7) is 2.27. The van der Waals surface area contributed by atoms with Gasteiger partial charge in [0.1, 0.15) is 5.82 Å². The van der Waals surface area contributed by atoms with Gasteiger partial charge in [0.05, 0.1) is 24.8 Å². The van der Waals surface area contributed by atoms with Crippen molar-refractivity contribution in [1.29, 1.82) is 0 Å². The maximum absolute atomic E-state index is 5.99. The van der Waals surface area contributed by atoms with E-state index in [1.54, 1.807) is 0 Å². The number of nitrogens with zero attached hydrogens (tertiary/aromatic N) is 2. The van der Waals surface area contributed by atoms with Crippen molar-refractivity contribution in [1.82, 2.24) is 4.98 Å². The number of halogens is 1. The molecule has 1 aromatic heterocycles. The molecule has 2 heterocycles. The summed E-state index contributed by atoms with van der Waals surface area (Å²) in [4.78, 5) is 6.95. The predicted molar refractivity (Wildman–Crippen MR) is 74.4 cm³/mol. The summed E-state index contributed by atoms with van der Waals surface area (Å²) in [6.07, 6.45) is 0. The van der Waals surface area contributed by atoms with Gasteiger partial charge >= 0.3 is 0 Å². The number of pyridine rings is 1. The van der Waals surface area contributed by atoms with Crippen molar-refractivity contribution in [3.63, 3.8) is 0 Å². The van der Waals surface area contributed by atoms with Crippen LogP contribution in [-0.2, 0) is 4.74 Å². The van der Waals surface area contributed by atoms with Crippen LogP contribution >= 0.6 is 11.6 Å². The summed E-state index contributed by atoms with van der Waals surface area (Å²) in [6, 6.07) is 12.5. The smallest absolute Gasteiger partial charge is 0.129 e. The number of para-hydroxylation sites is 1. The van der Waals surface area contributed by atoms with Gasteiger partial charge in [0.25, 0.3) is 0 Å². The maximum Gasteiger partial charge on any atom is 0.129 e. The van der Waals surface area contributed by atoms with Crippen molar-refractivity contribution < 1.29 is 4.74 Å². The zero-order chi connectivity index (χ0) is 12.4. The topological polar surface area (TPSA) is 25.4 Å². The summed E-state index contributed by atoms with van der Waals surface area (Å²) in [7, 11) is 0. The Hall–Kier alpha value is -1.32. The largest absolute Gasteiger partial charge is 0.377 e. The maximum atomic E-state index is 5.99. The van der Waals surface area contributed by atoms with Crippen LogP contribution in [0.1, 0.15) is 0 Å². The van der Waals surface area contributed by atoms with E-state index >= 15 is 0 Å². The zero-order valence-corrected chi connectivity index (χ0v) is 10.8. The molecule has 0 spiro atoms. The number of benzene rings is 1. The molecule has 0 amide bonds. The van der Waals surface area contributed by atoms with Gasteiger partial charge in [-0.1, -0.05) is 18.2 Å². The second-order valence-corrected chi connectivity index (χ2v) is 4.75. The van der Waals surface area contributed by atoms with E-state index in [0.29, 0.717) is 12.5 Å². The molecule has 1 unspecified atom stereocenters. The summed E-state index contributed by atoms with van der Waals surface area (Å²) in [5, 5.41) is 1.16. The quantitative estimate of drug-likeness (QED) is 0.778. The molecular formula is C14H15ClN2O. The second kappa shape index (κ2) is 5.12. The number of hydrogen-bond acceptors (Lipinski definition) is 3. The lowest BCUT2D eigenvalue weighted by Crippen LogP contribution is -2.47. The fourth-order valence-electron chi connectivity index (χ4n) is 2.30. The van der Waals surface area contributed by atoms with Crippen LogP contribution in [0, 0.1) is 0 Å². The Morgan fingerprint density at radius 3 is 3.06 bits per heavy atom. The first kappa shape index (κ1) is 11.8. The van der Waals surface area contributed by atoms with Gasteiger partial charge in [-0.15, -0.1) is 11.6 Å². The number of alkyl halides is 1. The molecule has 0 radical (unpaired) electrons. The number of hydrogen-bond donors (Lipinski definition) is 0. The lowest BCUT2D eigenvalue weighted by atomic mass is 10.2. The average Bonchev–Trinajstić information content (AvgIpc) is 2.46. The molecular weight excluding hydrogens is 248 g/mol. The number of rotatable bonds is 2. The van der Waals surface area contributed by atoms with Gasteiger partial charge in [-0.05, 0) is 18.2 Å². The Morgan fingerprint density at radius 2 is 2.17 bits per heavy atom. The molecule has 94 valence electrons. The van der Waals surface area contributed by atoms with Gasteiger partial charge < -0.3 is 9.64 Å². The molecule has 1 aromatic carbocycles. The minimum Gasteiger partial charge on any atom is -0.377 e. The van der Waals surface area contributed by atoms with Crippen LogP contribution in [0.3, 0.4) is 0 Å². The molecule has 1 saturated heterocycles. The van der Waals surface area contributed by atoms with E-state index < -0.39 is 0 Å². The van der Waals surface area contributed by atoms with Crippen LogP contribution < -0.4 is 4.90 Å². The molecule has 1 atom stereocenters. The van der Waals surface area contributed by atoms with Gasteiger partial charge in [0, 0.05) is 17.8 Å². The fraction of sp³-hybridized carbons (Fsp3) is 0.357.